The smallest absolute Gasteiger partial charge is 0.219 e. The van der Waals surface area contributed by atoms with Gasteiger partial charge in [-0.25, -0.2) is 8.42 Å². The highest BCUT2D eigenvalue weighted by Gasteiger charge is 2.40. The first-order chi connectivity index (χ1) is 7.20. The van der Waals surface area contributed by atoms with Gasteiger partial charge in [-0.2, -0.15) is 4.31 Å². The van der Waals surface area contributed by atoms with Gasteiger partial charge < -0.3 is 10.6 Å². The third kappa shape index (κ3) is 2.56. The van der Waals surface area contributed by atoms with E-state index in [9.17, 15) is 8.42 Å². The van der Waals surface area contributed by atoms with E-state index in [1.165, 1.54) is 0 Å². The lowest BCUT2D eigenvalue weighted by molar-refractivity contribution is 0.161. The predicted octanol–water partition coefficient (Wildman–Crippen LogP) is -0.311. The fourth-order valence-corrected chi connectivity index (χ4v) is 3.43. The molecule has 0 saturated carbocycles. The molecule has 1 unspecified atom stereocenters. The lowest BCUT2D eigenvalue weighted by Crippen LogP contribution is -2.59. The van der Waals surface area contributed by atoms with Crippen molar-refractivity contribution in [3.8, 4) is 0 Å². The van der Waals surface area contributed by atoms with E-state index < -0.39 is 14.8 Å². The van der Waals surface area contributed by atoms with Crippen LogP contribution in [-0.2, 0) is 10.0 Å². The van der Waals surface area contributed by atoms with Crippen molar-refractivity contribution in [2.24, 2.45) is 5.73 Å². The van der Waals surface area contributed by atoms with E-state index in [1.807, 2.05) is 7.05 Å². The molecule has 1 aliphatic heterocycles. The molecule has 1 saturated heterocycles. The average molecular weight is 249 g/mol. The van der Waals surface area contributed by atoms with Crippen LogP contribution in [0, 0.1) is 0 Å². The summed E-state index contributed by atoms with van der Waals surface area (Å²) in [5.41, 5.74) is 5.66. The Morgan fingerprint density at radius 2 is 1.88 bits per heavy atom. The van der Waals surface area contributed by atoms with Crippen LogP contribution in [0.4, 0.5) is 0 Å². The summed E-state index contributed by atoms with van der Waals surface area (Å²) in [6.45, 7) is 7.59. The Hall–Kier alpha value is -0.170. The summed E-state index contributed by atoms with van der Waals surface area (Å²) in [5.74, 6) is 0. The number of piperazine rings is 1. The van der Waals surface area contributed by atoms with Crippen LogP contribution >= 0.6 is 0 Å². The second-order valence-corrected chi connectivity index (χ2v) is 8.02. The van der Waals surface area contributed by atoms with Crippen LogP contribution in [0.5, 0.6) is 0 Å². The molecule has 0 aromatic carbocycles. The minimum absolute atomic E-state index is 0.0945. The van der Waals surface area contributed by atoms with E-state index in [1.54, 1.807) is 25.1 Å². The van der Waals surface area contributed by atoms with Crippen LogP contribution in [0.15, 0.2) is 0 Å². The van der Waals surface area contributed by atoms with E-state index >= 15 is 0 Å². The van der Waals surface area contributed by atoms with E-state index in [-0.39, 0.29) is 6.04 Å². The summed E-state index contributed by atoms with van der Waals surface area (Å²) in [6, 6.07) is -0.0945. The average Bonchev–Trinajstić information content (AvgIpc) is 2.15. The van der Waals surface area contributed by atoms with Gasteiger partial charge in [0.25, 0.3) is 0 Å². The van der Waals surface area contributed by atoms with Crippen LogP contribution in [0.1, 0.15) is 20.8 Å². The number of likely N-dealkylation sites (N-methyl/N-ethyl adjacent to an activating group) is 1. The van der Waals surface area contributed by atoms with Crippen LogP contribution < -0.4 is 5.73 Å². The minimum atomic E-state index is -3.26. The molecule has 1 aliphatic rings. The molecular formula is C10H23N3O2S. The second-order valence-electron chi connectivity index (χ2n) is 5.38. The maximum absolute atomic E-state index is 12.3. The lowest BCUT2D eigenvalue weighted by atomic mass is 10.2. The lowest BCUT2D eigenvalue weighted by Gasteiger charge is -2.41. The summed E-state index contributed by atoms with van der Waals surface area (Å²) in [7, 11) is -1.27. The molecule has 0 aliphatic carbocycles. The molecule has 0 spiro atoms. The van der Waals surface area contributed by atoms with Gasteiger partial charge in [-0.05, 0) is 27.8 Å². The Bertz CT molecular complexity index is 334. The highest BCUT2D eigenvalue weighted by molar-refractivity contribution is 7.90. The van der Waals surface area contributed by atoms with Crippen LogP contribution in [0.25, 0.3) is 0 Å². The SMILES string of the molecule is CN1CCN(S(=O)(=O)C(C)(C)C)C(CN)C1. The Morgan fingerprint density at radius 1 is 1.31 bits per heavy atom. The summed E-state index contributed by atoms with van der Waals surface area (Å²) >= 11 is 0. The summed E-state index contributed by atoms with van der Waals surface area (Å²) in [4.78, 5) is 2.12. The van der Waals surface area contributed by atoms with Gasteiger partial charge in [0, 0.05) is 32.2 Å². The third-order valence-corrected chi connectivity index (χ3v) is 5.63. The largest absolute Gasteiger partial charge is 0.329 e. The molecule has 96 valence electrons. The molecule has 2 N–H and O–H groups in total. The van der Waals surface area contributed by atoms with Crippen molar-refractivity contribution < 1.29 is 8.42 Å². The van der Waals surface area contributed by atoms with Crippen LogP contribution in [0.2, 0.25) is 0 Å². The molecule has 1 atom stereocenters. The van der Waals surface area contributed by atoms with Crippen LogP contribution in [0.3, 0.4) is 0 Å². The van der Waals surface area contributed by atoms with E-state index in [2.05, 4.69) is 4.90 Å². The highest BCUT2D eigenvalue weighted by Crippen LogP contribution is 2.24. The Kier molecular flexibility index (Phi) is 3.99. The monoisotopic (exact) mass is 249 g/mol. The number of sulfonamides is 1. The van der Waals surface area contributed by atoms with Crippen molar-refractivity contribution in [2.45, 2.75) is 31.6 Å². The van der Waals surface area contributed by atoms with Crippen LogP contribution in [-0.4, -0.2) is 61.6 Å². The minimum Gasteiger partial charge on any atom is -0.329 e. The van der Waals surface area contributed by atoms with E-state index in [0.29, 0.717) is 19.6 Å². The summed E-state index contributed by atoms with van der Waals surface area (Å²) in [6.07, 6.45) is 0. The number of rotatable bonds is 2. The maximum atomic E-state index is 12.3. The third-order valence-electron chi connectivity index (χ3n) is 2.99. The maximum Gasteiger partial charge on any atom is 0.219 e. The number of nitrogens with zero attached hydrogens (tertiary/aromatic N) is 2. The first kappa shape index (κ1) is 13.9. The van der Waals surface area contributed by atoms with Gasteiger partial charge in [-0.1, -0.05) is 0 Å². The molecule has 1 rings (SSSR count). The standard InChI is InChI=1S/C10H23N3O2S/c1-10(2,3)16(14,15)13-6-5-12(4)8-9(13)7-11/h9H,5-8,11H2,1-4H3. The quantitative estimate of drug-likeness (QED) is 0.729. The fourth-order valence-electron chi connectivity index (χ4n) is 1.85. The van der Waals surface area contributed by atoms with Gasteiger partial charge >= 0.3 is 0 Å². The molecular weight excluding hydrogens is 226 g/mol. The molecule has 0 bridgehead atoms. The van der Waals surface area contributed by atoms with Gasteiger partial charge in [-0.15, -0.1) is 0 Å². The van der Waals surface area contributed by atoms with E-state index in [4.69, 9.17) is 5.73 Å². The van der Waals surface area contributed by atoms with Gasteiger partial charge in [-0.3, -0.25) is 0 Å². The predicted molar refractivity (Wildman–Crippen MR) is 65.7 cm³/mol. The zero-order valence-electron chi connectivity index (χ0n) is 10.6. The van der Waals surface area contributed by atoms with Crippen molar-refractivity contribution in [1.82, 2.24) is 9.21 Å². The molecule has 6 heteroatoms. The zero-order valence-corrected chi connectivity index (χ0v) is 11.4. The van der Waals surface area contributed by atoms with Gasteiger partial charge in [0.1, 0.15) is 0 Å². The molecule has 16 heavy (non-hydrogen) atoms. The first-order valence-electron chi connectivity index (χ1n) is 5.60. The first-order valence-corrected chi connectivity index (χ1v) is 7.04. The number of hydrogen-bond donors (Lipinski definition) is 1. The molecule has 0 radical (unpaired) electrons. The van der Waals surface area contributed by atoms with Crippen molar-refractivity contribution in [3.63, 3.8) is 0 Å². The second kappa shape index (κ2) is 4.60. The summed E-state index contributed by atoms with van der Waals surface area (Å²) in [5, 5.41) is 0. The number of hydrogen-bond acceptors (Lipinski definition) is 4. The molecule has 1 heterocycles. The van der Waals surface area contributed by atoms with Crippen molar-refractivity contribution in [1.29, 1.82) is 0 Å². The normalized spacial score (nSPS) is 25.9. The van der Waals surface area contributed by atoms with Crippen molar-refractivity contribution in [3.05, 3.63) is 0 Å². The molecule has 0 aromatic heterocycles. The van der Waals surface area contributed by atoms with Gasteiger partial charge in [0.15, 0.2) is 0 Å². The van der Waals surface area contributed by atoms with Crippen molar-refractivity contribution in [2.75, 3.05) is 33.2 Å². The number of nitrogens with two attached hydrogens (primary N) is 1. The Morgan fingerprint density at radius 3 is 2.31 bits per heavy atom. The Balaban J connectivity index is 2.95. The topological polar surface area (TPSA) is 66.6 Å². The Labute approximate surface area is 98.6 Å². The molecule has 5 nitrogen and oxygen atoms in total. The summed E-state index contributed by atoms with van der Waals surface area (Å²) < 4.78 is 25.5. The van der Waals surface area contributed by atoms with Crippen molar-refractivity contribution >= 4 is 10.0 Å². The molecule has 0 aromatic rings. The molecule has 1 fully saturated rings. The van der Waals surface area contributed by atoms with Gasteiger partial charge in [0.2, 0.25) is 10.0 Å². The highest BCUT2D eigenvalue weighted by atomic mass is 32.2. The fraction of sp³-hybridized carbons (Fsp3) is 1.00. The molecule has 0 amide bonds. The van der Waals surface area contributed by atoms with E-state index in [0.717, 1.165) is 6.54 Å². The van der Waals surface area contributed by atoms with Gasteiger partial charge in [0.05, 0.1) is 4.75 Å². The zero-order chi connectivity index (χ0) is 12.6.